The number of carbonyl (C=O) groups excluding carboxylic acids is 1. The molecule has 1 amide bonds. The fourth-order valence-corrected chi connectivity index (χ4v) is 2.75. The second-order valence-corrected chi connectivity index (χ2v) is 6.07. The van der Waals surface area contributed by atoms with Crippen LogP contribution >= 0.6 is 0 Å². The maximum absolute atomic E-state index is 12.3. The number of aliphatic hydroxyl groups is 1. The van der Waals surface area contributed by atoms with Crippen LogP contribution in [-0.2, 0) is 18.3 Å². The molecule has 2 rings (SSSR count). The van der Waals surface area contributed by atoms with Gasteiger partial charge in [0.15, 0.2) is 6.10 Å². The van der Waals surface area contributed by atoms with Gasteiger partial charge in [-0.15, -0.1) is 0 Å². The van der Waals surface area contributed by atoms with Crippen molar-refractivity contribution in [2.24, 2.45) is 7.05 Å². The van der Waals surface area contributed by atoms with Crippen molar-refractivity contribution in [3.63, 3.8) is 0 Å². The predicted molar refractivity (Wildman–Crippen MR) is 91.9 cm³/mol. The molecule has 1 aromatic heterocycles. The van der Waals surface area contributed by atoms with Crippen LogP contribution < -0.4 is 10.1 Å². The van der Waals surface area contributed by atoms with E-state index in [1.165, 1.54) is 0 Å². The Morgan fingerprint density at radius 3 is 2.71 bits per heavy atom. The molecule has 0 aliphatic carbocycles. The molecule has 2 N–H and O–H groups in total. The topological polar surface area (TPSA) is 76.4 Å². The standard InChI is InChI=1S/C18H25N3O3/c1-11(9-16-12(2)20-21(4)13(16)3)19-18(23)17(22)14-7-6-8-15(10-14)24-5/h6-8,10-11,17,22H,9H2,1-5H3,(H,19,23). The molecule has 1 heterocycles. The average Bonchev–Trinajstić information content (AvgIpc) is 2.80. The van der Waals surface area contributed by atoms with E-state index < -0.39 is 12.0 Å². The summed E-state index contributed by atoms with van der Waals surface area (Å²) in [6.07, 6.45) is -0.555. The Hall–Kier alpha value is -2.34. The van der Waals surface area contributed by atoms with E-state index in [4.69, 9.17) is 4.74 Å². The van der Waals surface area contributed by atoms with Crippen molar-refractivity contribution in [2.45, 2.75) is 39.3 Å². The van der Waals surface area contributed by atoms with Crippen LogP contribution in [0.1, 0.15) is 35.5 Å². The molecule has 0 spiro atoms. The molecule has 0 radical (unpaired) electrons. The molecule has 6 nitrogen and oxygen atoms in total. The van der Waals surface area contributed by atoms with E-state index in [-0.39, 0.29) is 6.04 Å². The van der Waals surface area contributed by atoms with Gasteiger partial charge in [0.1, 0.15) is 5.75 Å². The maximum atomic E-state index is 12.3. The lowest BCUT2D eigenvalue weighted by Crippen LogP contribution is -2.37. The van der Waals surface area contributed by atoms with E-state index in [0.29, 0.717) is 17.7 Å². The fourth-order valence-electron chi connectivity index (χ4n) is 2.75. The second kappa shape index (κ2) is 7.49. The summed E-state index contributed by atoms with van der Waals surface area (Å²) in [5.41, 5.74) is 3.68. The maximum Gasteiger partial charge on any atom is 0.253 e. The van der Waals surface area contributed by atoms with E-state index in [2.05, 4.69) is 10.4 Å². The zero-order valence-corrected chi connectivity index (χ0v) is 14.8. The Labute approximate surface area is 142 Å². The minimum atomic E-state index is -1.22. The Morgan fingerprint density at radius 2 is 2.12 bits per heavy atom. The molecular formula is C18H25N3O3. The van der Waals surface area contributed by atoms with Crippen LogP contribution in [0.2, 0.25) is 0 Å². The largest absolute Gasteiger partial charge is 0.497 e. The predicted octanol–water partition coefficient (Wildman–Crippen LogP) is 1.83. The third kappa shape index (κ3) is 3.94. The molecule has 0 saturated heterocycles. The van der Waals surface area contributed by atoms with Crippen molar-refractivity contribution >= 4 is 5.91 Å². The van der Waals surface area contributed by atoms with Gasteiger partial charge in [0.2, 0.25) is 0 Å². The number of aryl methyl sites for hydroxylation is 2. The van der Waals surface area contributed by atoms with Crippen LogP contribution in [0.4, 0.5) is 0 Å². The Kier molecular flexibility index (Phi) is 5.62. The van der Waals surface area contributed by atoms with Crippen molar-refractivity contribution in [3.8, 4) is 5.75 Å². The summed E-state index contributed by atoms with van der Waals surface area (Å²) < 4.78 is 6.96. The van der Waals surface area contributed by atoms with Crippen LogP contribution in [0.15, 0.2) is 24.3 Å². The molecule has 2 unspecified atom stereocenters. The van der Waals surface area contributed by atoms with Gasteiger partial charge in [0, 0.05) is 18.8 Å². The molecule has 0 bridgehead atoms. The first-order chi connectivity index (χ1) is 11.3. The van der Waals surface area contributed by atoms with E-state index in [9.17, 15) is 9.90 Å². The van der Waals surface area contributed by atoms with Gasteiger partial charge in [0.05, 0.1) is 12.8 Å². The Morgan fingerprint density at radius 1 is 1.42 bits per heavy atom. The van der Waals surface area contributed by atoms with Crippen LogP contribution in [0.25, 0.3) is 0 Å². The monoisotopic (exact) mass is 331 g/mol. The minimum Gasteiger partial charge on any atom is -0.497 e. The van der Waals surface area contributed by atoms with Gasteiger partial charge >= 0.3 is 0 Å². The quantitative estimate of drug-likeness (QED) is 0.847. The molecule has 130 valence electrons. The molecule has 2 atom stereocenters. The number of nitrogens with zero attached hydrogens (tertiary/aromatic N) is 2. The highest BCUT2D eigenvalue weighted by Gasteiger charge is 2.21. The van der Waals surface area contributed by atoms with E-state index in [0.717, 1.165) is 17.0 Å². The van der Waals surface area contributed by atoms with Crippen LogP contribution in [0, 0.1) is 13.8 Å². The zero-order valence-electron chi connectivity index (χ0n) is 14.8. The Bertz CT molecular complexity index is 724. The third-order valence-corrected chi connectivity index (χ3v) is 4.22. The van der Waals surface area contributed by atoms with Gasteiger partial charge in [-0.05, 0) is 50.5 Å². The lowest BCUT2D eigenvalue weighted by Gasteiger charge is -2.18. The molecule has 24 heavy (non-hydrogen) atoms. The van der Waals surface area contributed by atoms with Crippen molar-refractivity contribution in [3.05, 3.63) is 46.8 Å². The molecule has 2 aromatic rings. The van der Waals surface area contributed by atoms with Crippen molar-refractivity contribution < 1.29 is 14.6 Å². The number of aromatic nitrogens is 2. The van der Waals surface area contributed by atoms with Gasteiger partial charge in [-0.2, -0.15) is 5.10 Å². The highest BCUT2D eigenvalue weighted by atomic mass is 16.5. The van der Waals surface area contributed by atoms with E-state index in [1.807, 2.05) is 32.5 Å². The van der Waals surface area contributed by atoms with Gasteiger partial charge in [-0.3, -0.25) is 9.48 Å². The second-order valence-electron chi connectivity index (χ2n) is 6.07. The smallest absolute Gasteiger partial charge is 0.253 e. The summed E-state index contributed by atoms with van der Waals surface area (Å²) in [6.45, 7) is 5.89. The molecule has 6 heteroatoms. The zero-order chi connectivity index (χ0) is 17.9. The van der Waals surface area contributed by atoms with Crippen LogP contribution in [-0.4, -0.2) is 33.9 Å². The first-order valence-electron chi connectivity index (χ1n) is 7.95. The first kappa shape index (κ1) is 18.0. The SMILES string of the molecule is COc1cccc(C(O)C(=O)NC(C)Cc2c(C)nn(C)c2C)c1. The van der Waals surface area contributed by atoms with Gasteiger partial charge < -0.3 is 15.2 Å². The number of hydrogen-bond donors (Lipinski definition) is 2. The fraction of sp³-hybridized carbons (Fsp3) is 0.444. The van der Waals surface area contributed by atoms with Crippen molar-refractivity contribution in [2.75, 3.05) is 7.11 Å². The number of carbonyl (C=O) groups is 1. The summed E-state index contributed by atoms with van der Waals surface area (Å²) in [5, 5.41) is 17.5. The summed E-state index contributed by atoms with van der Waals surface area (Å²) in [7, 11) is 3.45. The highest BCUT2D eigenvalue weighted by Crippen LogP contribution is 2.20. The number of methoxy groups -OCH3 is 1. The van der Waals surface area contributed by atoms with Gasteiger partial charge in [-0.25, -0.2) is 0 Å². The van der Waals surface area contributed by atoms with Gasteiger partial charge in [0.25, 0.3) is 5.91 Å². The number of aliphatic hydroxyl groups excluding tert-OH is 1. The van der Waals surface area contributed by atoms with Gasteiger partial charge in [-0.1, -0.05) is 12.1 Å². The number of ether oxygens (including phenoxy) is 1. The molecule has 1 aromatic carbocycles. The summed E-state index contributed by atoms with van der Waals surface area (Å²) in [5.74, 6) is 0.184. The lowest BCUT2D eigenvalue weighted by atomic mass is 10.0. The Balaban J connectivity index is 2.02. The molecular weight excluding hydrogens is 306 g/mol. The summed E-state index contributed by atoms with van der Waals surface area (Å²) >= 11 is 0. The minimum absolute atomic E-state index is 0.112. The number of hydrogen-bond acceptors (Lipinski definition) is 4. The third-order valence-electron chi connectivity index (χ3n) is 4.22. The van der Waals surface area contributed by atoms with Crippen LogP contribution in [0.5, 0.6) is 5.75 Å². The molecule has 0 aliphatic heterocycles. The van der Waals surface area contributed by atoms with Crippen molar-refractivity contribution in [1.82, 2.24) is 15.1 Å². The molecule has 0 aliphatic rings. The number of amides is 1. The normalized spacial score (nSPS) is 13.4. The van der Waals surface area contributed by atoms with E-state index >= 15 is 0 Å². The molecule has 0 fully saturated rings. The van der Waals surface area contributed by atoms with Crippen molar-refractivity contribution in [1.29, 1.82) is 0 Å². The average molecular weight is 331 g/mol. The summed E-state index contributed by atoms with van der Waals surface area (Å²) in [6, 6.07) is 6.76. The number of rotatable bonds is 6. The first-order valence-corrected chi connectivity index (χ1v) is 7.95. The summed E-state index contributed by atoms with van der Waals surface area (Å²) in [4.78, 5) is 12.3. The van der Waals surface area contributed by atoms with Crippen LogP contribution in [0.3, 0.4) is 0 Å². The molecule has 0 saturated carbocycles. The van der Waals surface area contributed by atoms with E-state index in [1.54, 1.807) is 31.4 Å². The number of benzene rings is 1. The lowest BCUT2D eigenvalue weighted by molar-refractivity contribution is -0.130. The number of nitrogens with one attached hydrogen (secondary N) is 1. The highest BCUT2D eigenvalue weighted by molar-refractivity contribution is 5.82.